The number of carbonyl (C=O) groups is 1. The Morgan fingerprint density at radius 3 is 2.60 bits per heavy atom. The third-order valence-electron chi connectivity index (χ3n) is 3.37. The van der Waals surface area contributed by atoms with Crippen LogP contribution in [0.3, 0.4) is 0 Å². The van der Waals surface area contributed by atoms with Crippen LogP contribution in [-0.4, -0.2) is 43.2 Å². The van der Waals surface area contributed by atoms with Crippen LogP contribution in [0, 0.1) is 11.6 Å². The van der Waals surface area contributed by atoms with Crippen molar-refractivity contribution in [2.24, 2.45) is 5.73 Å². The van der Waals surface area contributed by atoms with Crippen molar-refractivity contribution in [1.29, 1.82) is 0 Å². The second-order valence-corrected chi connectivity index (χ2v) is 4.78. The Morgan fingerprint density at radius 1 is 1.30 bits per heavy atom. The second kappa shape index (κ2) is 6.76. The van der Waals surface area contributed by atoms with E-state index in [1.165, 1.54) is 6.07 Å². The van der Waals surface area contributed by atoms with E-state index in [0.29, 0.717) is 26.2 Å². The molecular formula is C14H18F2N2O2. The van der Waals surface area contributed by atoms with Crippen LogP contribution in [0.15, 0.2) is 18.2 Å². The summed E-state index contributed by atoms with van der Waals surface area (Å²) in [5.74, 6) is -2.23. The fraction of sp³-hybridized carbons (Fsp3) is 0.500. The molecule has 20 heavy (non-hydrogen) atoms. The summed E-state index contributed by atoms with van der Waals surface area (Å²) in [6.07, 6.45) is 1.58. The van der Waals surface area contributed by atoms with Crippen LogP contribution in [0.5, 0.6) is 0 Å². The maximum absolute atomic E-state index is 13.1. The zero-order valence-electron chi connectivity index (χ0n) is 11.1. The molecule has 0 atom stereocenters. The first-order chi connectivity index (χ1) is 9.61. The minimum absolute atomic E-state index is 0.118. The van der Waals surface area contributed by atoms with Gasteiger partial charge in [-0.05, 0) is 31.0 Å². The number of carbonyl (C=O) groups excluding carboxylic acids is 1. The highest BCUT2D eigenvalue weighted by molar-refractivity contribution is 5.94. The lowest BCUT2D eigenvalue weighted by molar-refractivity contribution is 0.0121. The van der Waals surface area contributed by atoms with Gasteiger partial charge < -0.3 is 15.4 Å². The zero-order valence-corrected chi connectivity index (χ0v) is 11.1. The molecule has 0 saturated carbocycles. The molecule has 2 rings (SSSR count). The number of halogens is 2. The van der Waals surface area contributed by atoms with Gasteiger partial charge in [0.1, 0.15) is 0 Å². The van der Waals surface area contributed by atoms with Crippen LogP contribution in [0.25, 0.3) is 0 Å². The molecule has 1 heterocycles. The number of rotatable bonds is 4. The first-order valence-corrected chi connectivity index (χ1v) is 6.68. The SMILES string of the molecule is NCCOC1CCN(C(=O)c2ccc(F)c(F)c2)CC1. The Labute approximate surface area is 116 Å². The van der Waals surface area contributed by atoms with Gasteiger partial charge in [-0.2, -0.15) is 0 Å². The van der Waals surface area contributed by atoms with Crippen LogP contribution in [0.4, 0.5) is 8.78 Å². The summed E-state index contributed by atoms with van der Waals surface area (Å²) in [7, 11) is 0. The smallest absolute Gasteiger partial charge is 0.253 e. The number of nitrogens with two attached hydrogens (primary N) is 1. The number of hydrogen-bond acceptors (Lipinski definition) is 3. The van der Waals surface area contributed by atoms with Crippen LogP contribution in [0.2, 0.25) is 0 Å². The summed E-state index contributed by atoms with van der Waals surface area (Å²) in [6, 6.07) is 3.21. The van der Waals surface area contributed by atoms with Gasteiger partial charge in [0, 0.05) is 25.2 Å². The van der Waals surface area contributed by atoms with Crippen molar-refractivity contribution in [3.05, 3.63) is 35.4 Å². The lowest BCUT2D eigenvalue weighted by atomic mass is 10.1. The molecule has 1 amide bonds. The fourth-order valence-electron chi connectivity index (χ4n) is 2.27. The van der Waals surface area contributed by atoms with Gasteiger partial charge in [-0.25, -0.2) is 8.78 Å². The molecule has 4 nitrogen and oxygen atoms in total. The summed E-state index contributed by atoms with van der Waals surface area (Å²) in [6.45, 7) is 2.09. The fourth-order valence-corrected chi connectivity index (χ4v) is 2.27. The Morgan fingerprint density at radius 2 is 2.00 bits per heavy atom. The van der Waals surface area contributed by atoms with E-state index in [0.717, 1.165) is 25.0 Å². The molecule has 1 aromatic carbocycles. The van der Waals surface area contributed by atoms with Gasteiger partial charge in [0.2, 0.25) is 0 Å². The summed E-state index contributed by atoms with van der Waals surface area (Å²) >= 11 is 0. The molecule has 0 unspecified atom stereocenters. The molecule has 110 valence electrons. The van der Waals surface area contributed by atoms with E-state index in [1.54, 1.807) is 4.90 Å². The van der Waals surface area contributed by atoms with Gasteiger partial charge in [-0.15, -0.1) is 0 Å². The van der Waals surface area contributed by atoms with E-state index in [4.69, 9.17) is 10.5 Å². The average Bonchev–Trinajstić information content (AvgIpc) is 2.48. The largest absolute Gasteiger partial charge is 0.377 e. The second-order valence-electron chi connectivity index (χ2n) is 4.78. The molecule has 0 spiro atoms. The lowest BCUT2D eigenvalue weighted by Crippen LogP contribution is -2.41. The molecule has 1 fully saturated rings. The van der Waals surface area contributed by atoms with Crippen LogP contribution >= 0.6 is 0 Å². The van der Waals surface area contributed by atoms with Crippen molar-refractivity contribution >= 4 is 5.91 Å². The highest BCUT2D eigenvalue weighted by Crippen LogP contribution is 2.17. The third kappa shape index (κ3) is 3.52. The lowest BCUT2D eigenvalue weighted by Gasteiger charge is -2.32. The summed E-state index contributed by atoms with van der Waals surface area (Å²) < 4.78 is 31.5. The predicted octanol–water partition coefficient (Wildman–Crippen LogP) is 1.54. The Balaban J connectivity index is 1.92. The number of nitrogens with zero attached hydrogens (tertiary/aromatic N) is 1. The molecule has 2 N–H and O–H groups in total. The molecule has 0 aromatic heterocycles. The number of ether oxygens (including phenoxy) is 1. The van der Waals surface area contributed by atoms with Gasteiger partial charge in [0.15, 0.2) is 11.6 Å². The summed E-state index contributed by atoms with van der Waals surface area (Å²) in [4.78, 5) is 13.8. The molecule has 1 aromatic rings. The van der Waals surface area contributed by atoms with E-state index >= 15 is 0 Å². The van der Waals surface area contributed by atoms with Gasteiger partial charge in [-0.3, -0.25) is 4.79 Å². The van der Waals surface area contributed by atoms with E-state index in [-0.39, 0.29) is 17.6 Å². The van der Waals surface area contributed by atoms with E-state index in [1.807, 2.05) is 0 Å². The van der Waals surface area contributed by atoms with Crippen LogP contribution in [0.1, 0.15) is 23.2 Å². The summed E-state index contributed by atoms with van der Waals surface area (Å²) in [5.41, 5.74) is 5.54. The molecule has 0 bridgehead atoms. The Kier molecular flexibility index (Phi) is 5.03. The van der Waals surface area contributed by atoms with Crippen molar-refractivity contribution in [2.75, 3.05) is 26.2 Å². The van der Waals surface area contributed by atoms with Crippen molar-refractivity contribution in [3.63, 3.8) is 0 Å². The van der Waals surface area contributed by atoms with Gasteiger partial charge in [-0.1, -0.05) is 0 Å². The number of likely N-dealkylation sites (tertiary alicyclic amines) is 1. The number of piperidine rings is 1. The number of amides is 1. The minimum Gasteiger partial charge on any atom is -0.377 e. The predicted molar refractivity (Wildman–Crippen MR) is 70.3 cm³/mol. The van der Waals surface area contributed by atoms with E-state index in [2.05, 4.69) is 0 Å². The molecule has 0 radical (unpaired) electrons. The van der Waals surface area contributed by atoms with Crippen molar-refractivity contribution in [2.45, 2.75) is 18.9 Å². The maximum Gasteiger partial charge on any atom is 0.253 e. The Hall–Kier alpha value is -1.53. The maximum atomic E-state index is 13.1. The van der Waals surface area contributed by atoms with Gasteiger partial charge in [0.05, 0.1) is 12.7 Å². The van der Waals surface area contributed by atoms with Crippen molar-refractivity contribution < 1.29 is 18.3 Å². The van der Waals surface area contributed by atoms with Crippen molar-refractivity contribution in [1.82, 2.24) is 4.90 Å². The highest BCUT2D eigenvalue weighted by atomic mass is 19.2. The van der Waals surface area contributed by atoms with E-state index in [9.17, 15) is 13.6 Å². The third-order valence-corrected chi connectivity index (χ3v) is 3.37. The van der Waals surface area contributed by atoms with Crippen LogP contribution in [-0.2, 0) is 4.74 Å². The first-order valence-electron chi connectivity index (χ1n) is 6.68. The van der Waals surface area contributed by atoms with Gasteiger partial charge in [0.25, 0.3) is 5.91 Å². The normalized spacial score (nSPS) is 16.4. The monoisotopic (exact) mass is 284 g/mol. The average molecular weight is 284 g/mol. The molecular weight excluding hydrogens is 266 g/mol. The van der Waals surface area contributed by atoms with Crippen molar-refractivity contribution in [3.8, 4) is 0 Å². The van der Waals surface area contributed by atoms with Crippen LogP contribution < -0.4 is 5.73 Å². The molecule has 1 aliphatic rings. The molecule has 0 aliphatic carbocycles. The number of benzene rings is 1. The van der Waals surface area contributed by atoms with E-state index < -0.39 is 11.6 Å². The molecule has 6 heteroatoms. The van der Waals surface area contributed by atoms with Gasteiger partial charge >= 0.3 is 0 Å². The summed E-state index contributed by atoms with van der Waals surface area (Å²) in [5, 5.41) is 0. The zero-order chi connectivity index (χ0) is 14.5. The quantitative estimate of drug-likeness (QED) is 0.912. The topological polar surface area (TPSA) is 55.6 Å². The minimum atomic E-state index is -1.00. The molecule has 1 saturated heterocycles. The Bertz CT molecular complexity index is 474. The first kappa shape index (κ1) is 14.9. The number of hydrogen-bond donors (Lipinski definition) is 1. The standard InChI is InChI=1S/C14H18F2N2O2/c15-12-2-1-10(9-13(12)16)14(19)18-6-3-11(4-7-18)20-8-5-17/h1-2,9,11H,3-8,17H2. The highest BCUT2D eigenvalue weighted by Gasteiger charge is 2.24. The molecule has 1 aliphatic heterocycles.